The highest BCUT2D eigenvalue weighted by atomic mass is 19.1. The van der Waals surface area contributed by atoms with Crippen LogP contribution in [0.5, 0.6) is 11.5 Å². The van der Waals surface area contributed by atoms with Crippen LogP contribution in [0.25, 0.3) is 0 Å². The number of fused-ring (bicyclic) bond motifs is 1. The Morgan fingerprint density at radius 1 is 1.13 bits per heavy atom. The minimum absolute atomic E-state index is 0.208. The minimum atomic E-state index is -0.353. The van der Waals surface area contributed by atoms with Crippen LogP contribution in [-0.4, -0.2) is 25.7 Å². The van der Waals surface area contributed by atoms with Crippen LogP contribution >= 0.6 is 0 Å². The molecule has 1 aliphatic heterocycles. The second-order valence-corrected chi connectivity index (χ2v) is 5.44. The van der Waals surface area contributed by atoms with Gasteiger partial charge in [0.05, 0.1) is 0 Å². The van der Waals surface area contributed by atoms with Crippen molar-refractivity contribution in [3.8, 4) is 11.5 Å². The molecule has 2 aromatic carbocycles. The van der Waals surface area contributed by atoms with Crippen LogP contribution in [0.4, 0.5) is 4.39 Å². The number of halogens is 1. The lowest BCUT2D eigenvalue weighted by molar-refractivity contribution is 0.0954. The van der Waals surface area contributed by atoms with E-state index >= 15 is 0 Å². The summed E-state index contributed by atoms with van der Waals surface area (Å²) in [6.45, 7) is 3.63. The maximum atomic E-state index is 12.9. The van der Waals surface area contributed by atoms with Crippen LogP contribution in [-0.2, 0) is 6.42 Å². The Balaban J connectivity index is 1.60. The van der Waals surface area contributed by atoms with Crippen molar-refractivity contribution in [3.05, 3.63) is 58.9 Å². The molecule has 0 atom stereocenters. The normalized spacial score (nSPS) is 12.8. The number of hydrogen-bond acceptors (Lipinski definition) is 3. The molecule has 4 nitrogen and oxygen atoms in total. The average Bonchev–Trinajstić information content (AvgIpc) is 2.56. The maximum absolute atomic E-state index is 12.9. The first-order chi connectivity index (χ1) is 11.1. The number of amides is 1. The highest BCUT2D eigenvalue weighted by Crippen LogP contribution is 2.33. The first-order valence-electron chi connectivity index (χ1n) is 7.56. The first-order valence-corrected chi connectivity index (χ1v) is 7.56. The molecule has 1 aliphatic rings. The summed E-state index contributed by atoms with van der Waals surface area (Å²) in [5.41, 5.74) is 2.66. The molecule has 0 radical (unpaired) electrons. The first kappa shape index (κ1) is 15.3. The third kappa shape index (κ3) is 3.62. The Kier molecular flexibility index (Phi) is 4.46. The van der Waals surface area contributed by atoms with Crippen molar-refractivity contribution in [3.63, 3.8) is 0 Å². The van der Waals surface area contributed by atoms with Gasteiger partial charge in [0.2, 0.25) is 0 Å². The van der Waals surface area contributed by atoms with Crippen LogP contribution in [0.1, 0.15) is 21.5 Å². The monoisotopic (exact) mass is 315 g/mol. The molecule has 0 spiro atoms. The SMILES string of the molecule is Cc1cc2c(cc1CCNC(=O)c1ccc(F)cc1)OCCO2. The van der Waals surface area contributed by atoms with Gasteiger partial charge >= 0.3 is 0 Å². The molecule has 120 valence electrons. The summed E-state index contributed by atoms with van der Waals surface area (Å²) >= 11 is 0. The summed E-state index contributed by atoms with van der Waals surface area (Å²) in [5.74, 6) is 0.961. The Morgan fingerprint density at radius 2 is 1.78 bits per heavy atom. The van der Waals surface area contributed by atoms with Gasteiger partial charge in [0.1, 0.15) is 19.0 Å². The zero-order valence-corrected chi connectivity index (χ0v) is 12.9. The van der Waals surface area contributed by atoms with Crippen molar-refractivity contribution >= 4 is 5.91 Å². The summed E-state index contributed by atoms with van der Waals surface area (Å²) in [6, 6.07) is 9.43. The standard InChI is InChI=1S/C18H18FNO3/c1-12-10-16-17(23-9-8-22-16)11-14(12)6-7-20-18(21)13-2-4-15(19)5-3-13/h2-5,10-11H,6-9H2,1H3,(H,20,21). The van der Waals surface area contributed by atoms with Crippen LogP contribution in [0.15, 0.2) is 36.4 Å². The third-order valence-corrected chi connectivity index (χ3v) is 3.79. The molecule has 3 rings (SSSR count). The van der Waals surface area contributed by atoms with Crippen molar-refractivity contribution < 1.29 is 18.7 Å². The van der Waals surface area contributed by atoms with Gasteiger partial charge in [-0.2, -0.15) is 0 Å². The van der Waals surface area contributed by atoms with Crippen LogP contribution < -0.4 is 14.8 Å². The topological polar surface area (TPSA) is 47.6 Å². The summed E-state index contributed by atoms with van der Waals surface area (Å²) in [6.07, 6.45) is 0.690. The van der Waals surface area contributed by atoms with E-state index < -0.39 is 0 Å². The van der Waals surface area contributed by atoms with Crippen molar-refractivity contribution in [2.24, 2.45) is 0 Å². The number of carbonyl (C=O) groups excluding carboxylic acids is 1. The van der Waals surface area contributed by atoms with Gasteiger partial charge in [0.25, 0.3) is 5.91 Å². The predicted octanol–water partition coefficient (Wildman–Crippen LogP) is 2.88. The zero-order valence-electron chi connectivity index (χ0n) is 12.9. The van der Waals surface area contributed by atoms with Crippen LogP contribution in [0.2, 0.25) is 0 Å². The molecule has 0 aliphatic carbocycles. The lowest BCUT2D eigenvalue weighted by Crippen LogP contribution is -2.26. The Hall–Kier alpha value is -2.56. The highest BCUT2D eigenvalue weighted by Gasteiger charge is 2.14. The molecule has 23 heavy (non-hydrogen) atoms. The lowest BCUT2D eigenvalue weighted by atomic mass is 10.0. The van der Waals surface area contributed by atoms with Gasteiger partial charge < -0.3 is 14.8 Å². The molecule has 0 fully saturated rings. The van der Waals surface area contributed by atoms with E-state index in [2.05, 4.69) is 5.32 Å². The Bertz CT molecular complexity index is 713. The van der Waals surface area contributed by atoms with Gasteiger partial charge in [-0.1, -0.05) is 0 Å². The molecule has 0 bridgehead atoms. The molecule has 0 aromatic heterocycles. The predicted molar refractivity (Wildman–Crippen MR) is 84.6 cm³/mol. The number of rotatable bonds is 4. The van der Waals surface area contributed by atoms with E-state index in [0.717, 1.165) is 22.6 Å². The summed E-state index contributed by atoms with van der Waals surface area (Å²) < 4.78 is 24.0. The minimum Gasteiger partial charge on any atom is -0.486 e. The van der Waals surface area contributed by atoms with E-state index in [1.807, 2.05) is 19.1 Å². The number of hydrogen-bond donors (Lipinski definition) is 1. The lowest BCUT2D eigenvalue weighted by Gasteiger charge is -2.20. The summed E-state index contributed by atoms with van der Waals surface area (Å²) in [7, 11) is 0. The third-order valence-electron chi connectivity index (χ3n) is 3.79. The Morgan fingerprint density at radius 3 is 2.48 bits per heavy atom. The maximum Gasteiger partial charge on any atom is 0.251 e. The van der Waals surface area contributed by atoms with E-state index in [1.165, 1.54) is 24.3 Å². The molecule has 5 heteroatoms. The molecule has 0 unspecified atom stereocenters. The average molecular weight is 315 g/mol. The van der Waals surface area contributed by atoms with E-state index in [-0.39, 0.29) is 11.7 Å². The van der Waals surface area contributed by atoms with E-state index in [1.54, 1.807) is 0 Å². The molecular formula is C18H18FNO3. The second kappa shape index (κ2) is 6.69. The molecule has 0 saturated heterocycles. The van der Waals surface area contributed by atoms with E-state index in [4.69, 9.17) is 9.47 Å². The van der Waals surface area contributed by atoms with Crippen molar-refractivity contribution in [2.75, 3.05) is 19.8 Å². The molecule has 0 saturated carbocycles. The van der Waals surface area contributed by atoms with Gasteiger partial charge in [-0.05, 0) is 60.9 Å². The molecule has 1 heterocycles. The van der Waals surface area contributed by atoms with Gasteiger partial charge in [-0.25, -0.2) is 4.39 Å². The Labute approximate surface area is 134 Å². The van der Waals surface area contributed by atoms with Gasteiger partial charge in [-0.3, -0.25) is 4.79 Å². The largest absolute Gasteiger partial charge is 0.486 e. The van der Waals surface area contributed by atoms with E-state index in [9.17, 15) is 9.18 Å². The molecular weight excluding hydrogens is 297 g/mol. The summed E-state index contributed by atoms with van der Waals surface area (Å²) in [5, 5.41) is 2.84. The number of benzene rings is 2. The number of nitrogens with one attached hydrogen (secondary N) is 1. The fourth-order valence-corrected chi connectivity index (χ4v) is 2.52. The number of aryl methyl sites for hydroxylation is 1. The van der Waals surface area contributed by atoms with Gasteiger partial charge in [0, 0.05) is 12.1 Å². The van der Waals surface area contributed by atoms with Crippen molar-refractivity contribution in [1.29, 1.82) is 0 Å². The van der Waals surface area contributed by atoms with Crippen molar-refractivity contribution in [2.45, 2.75) is 13.3 Å². The van der Waals surface area contributed by atoms with Gasteiger partial charge in [-0.15, -0.1) is 0 Å². The van der Waals surface area contributed by atoms with Crippen LogP contribution in [0.3, 0.4) is 0 Å². The number of carbonyl (C=O) groups is 1. The quantitative estimate of drug-likeness (QED) is 0.944. The molecule has 1 amide bonds. The van der Waals surface area contributed by atoms with Crippen molar-refractivity contribution in [1.82, 2.24) is 5.32 Å². The van der Waals surface area contributed by atoms with Gasteiger partial charge in [0.15, 0.2) is 11.5 Å². The highest BCUT2D eigenvalue weighted by molar-refractivity contribution is 5.94. The fourth-order valence-electron chi connectivity index (χ4n) is 2.52. The molecule has 2 aromatic rings. The molecule has 1 N–H and O–H groups in total. The van der Waals surface area contributed by atoms with E-state index in [0.29, 0.717) is 31.7 Å². The van der Waals surface area contributed by atoms with Crippen LogP contribution in [0, 0.1) is 12.7 Å². The fraction of sp³-hybridized carbons (Fsp3) is 0.278. The summed E-state index contributed by atoms with van der Waals surface area (Å²) in [4.78, 5) is 12.0. The number of ether oxygens (including phenoxy) is 2. The second-order valence-electron chi connectivity index (χ2n) is 5.44. The smallest absolute Gasteiger partial charge is 0.251 e. The zero-order chi connectivity index (χ0) is 16.2.